The molecule has 168 valence electrons. The average molecular weight is 484 g/mol. The fourth-order valence-electron chi connectivity index (χ4n) is 3.02. The number of benzene rings is 2. The number of esters is 1. The number of carbonyl (C=O) groups excluding carboxylic acids is 3. The quantitative estimate of drug-likeness (QED) is 0.322. The summed E-state index contributed by atoms with van der Waals surface area (Å²) in [5.74, 6) is -0.0658. The third kappa shape index (κ3) is 5.47. The van der Waals surface area contributed by atoms with Crippen molar-refractivity contribution in [1.82, 2.24) is 4.90 Å². The molecule has 7 nitrogen and oxygen atoms in total. The lowest BCUT2D eigenvalue weighted by molar-refractivity contribution is -0.123. The van der Waals surface area contributed by atoms with E-state index in [2.05, 4.69) is 4.74 Å². The summed E-state index contributed by atoms with van der Waals surface area (Å²) >= 11 is 6.73. The number of methoxy groups -OCH3 is 1. The van der Waals surface area contributed by atoms with E-state index in [-0.39, 0.29) is 12.3 Å². The molecule has 1 aromatic heterocycles. The third-order valence-corrected chi connectivity index (χ3v) is 5.89. The maximum absolute atomic E-state index is 12.7. The predicted octanol–water partition coefficient (Wildman–Crippen LogP) is 5.54. The van der Waals surface area contributed by atoms with Gasteiger partial charge in [0.25, 0.3) is 11.1 Å². The van der Waals surface area contributed by atoms with Crippen molar-refractivity contribution in [1.29, 1.82) is 0 Å². The van der Waals surface area contributed by atoms with Gasteiger partial charge in [-0.1, -0.05) is 35.9 Å². The van der Waals surface area contributed by atoms with Crippen LogP contribution in [0.2, 0.25) is 5.02 Å². The second-order valence-electron chi connectivity index (χ2n) is 7.01. The van der Waals surface area contributed by atoms with Gasteiger partial charge in [0.05, 0.1) is 18.6 Å². The highest BCUT2D eigenvalue weighted by Crippen LogP contribution is 2.33. The van der Waals surface area contributed by atoms with E-state index in [9.17, 15) is 14.4 Å². The maximum atomic E-state index is 12.7. The largest absolute Gasteiger partial charge is 0.489 e. The molecule has 0 atom stereocenters. The average Bonchev–Trinajstić information content (AvgIpc) is 3.39. The lowest BCUT2D eigenvalue weighted by Crippen LogP contribution is -2.27. The van der Waals surface area contributed by atoms with Crippen LogP contribution in [-0.4, -0.2) is 29.1 Å². The highest BCUT2D eigenvalue weighted by atomic mass is 35.5. The fourth-order valence-corrected chi connectivity index (χ4v) is 3.99. The number of amides is 2. The smallest absolute Gasteiger partial charge is 0.373 e. The van der Waals surface area contributed by atoms with Gasteiger partial charge in [-0.05, 0) is 65.4 Å². The van der Waals surface area contributed by atoms with Crippen LogP contribution in [-0.2, 0) is 22.7 Å². The van der Waals surface area contributed by atoms with Crippen molar-refractivity contribution in [3.05, 3.63) is 93.2 Å². The number of imide groups is 1. The van der Waals surface area contributed by atoms with E-state index in [1.807, 2.05) is 12.1 Å². The van der Waals surface area contributed by atoms with Crippen molar-refractivity contribution in [2.45, 2.75) is 13.2 Å². The Bertz CT molecular complexity index is 1220. The highest BCUT2D eigenvalue weighted by Gasteiger charge is 2.35. The Kier molecular flexibility index (Phi) is 6.86. The zero-order valence-corrected chi connectivity index (χ0v) is 19.0. The number of rotatable bonds is 7. The lowest BCUT2D eigenvalue weighted by Gasteiger charge is -2.10. The number of hydrogen-bond acceptors (Lipinski definition) is 7. The molecule has 2 heterocycles. The van der Waals surface area contributed by atoms with Gasteiger partial charge in [0.15, 0.2) is 0 Å². The third-order valence-electron chi connectivity index (χ3n) is 4.73. The molecule has 0 saturated carbocycles. The molecular formula is C24H18ClNO6S. The van der Waals surface area contributed by atoms with Crippen LogP contribution < -0.4 is 4.74 Å². The summed E-state index contributed by atoms with van der Waals surface area (Å²) < 4.78 is 15.7. The summed E-state index contributed by atoms with van der Waals surface area (Å²) in [7, 11) is 1.24. The molecule has 2 aromatic carbocycles. The summed E-state index contributed by atoms with van der Waals surface area (Å²) in [5.41, 5.74) is 1.75. The van der Waals surface area contributed by atoms with Gasteiger partial charge in [0.1, 0.15) is 18.1 Å². The van der Waals surface area contributed by atoms with Gasteiger partial charge in [0.2, 0.25) is 5.76 Å². The molecule has 4 rings (SSSR count). The Morgan fingerprint density at radius 3 is 2.48 bits per heavy atom. The highest BCUT2D eigenvalue weighted by molar-refractivity contribution is 8.18. The SMILES string of the molecule is COC(=O)c1ccc(CN2C(=O)SC(=Cc3ccc(OCc4ccc(Cl)cc4)cc3)C2=O)o1. The number of furan rings is 1. The zero-order chi connectivity index (χ0) is 23.4. The molecule has 0 radical (unpaired) electrons. The Balaban J connectivity index is 1.39. The Hall–Kier alpha value is -3.49. The van der Waals surface area contributed by atoms with Crippen molar-refractivity contribution >= 4 is 46.6 Å². The van der Waals surface area contributed by atoms with Gasteiger partial charge in [-0.15, -0.1) is 0 Å². The Morgan fingerprint density at radius 1 is 1.06 bits per heavy atom. The number of thioether (sulfide) groups is 1. The Morgan fingerprint density at radius 2 is 1.79 bits per heavy atom. The van der Waals surface area contributed by atoms with Gasteiger partial charge in [-0.25, -0.2) is 4.79 Å². The number of ether oxygens (including phenoxy) is 2. The van der Waals surface area contributed by atoms with E-state index in [1.54, 1.807) is 42.5 Å². The van der Waals surface area contributed by atoms with Crippen LogP contribution >= 0.6 is 23.4 Å². The van der Waals surface area contributed by atoms with E-state index in [1.165, 1.54) is 19.2 Å². The van der Waals surface area contributed by atoms with Crippen LogP contribution in [0.1, 0.15) is 27.4 Å². The Labute approximate surface area is 198 Å². The van der Waals surface area contributed by atoms with Crippen LogP contribution in [0.3, 0.4) is 0 Å². The van der Waals surface area contributed by atoms with Gasteiger partial charge in [-0.3, -0.25) is 14.5 Å². The summed E-state index contributed by atoms with van der Waals surface area (Å²) in [5, 5.41) is 0.257. The van der Waals surface area contributed by atoms with Crippen molar-refractivity contribution in [2.75, 3.05) is 7.11 Å². The standard InChI is InChI=1S/C24H18ClNO6S/c1-30-23(28)20-11-10-19(32-20)13-26-22(27)21(33-24(26)29)12-15-4-8-18(9-5-15)31-14-16-2-6-17(25)7-3-16/h2-12H,13-14H2,1H3. The van der Waals surface area contributed by atoms with Crippen LogP contribution in [0.25, 0.3) is 6.08 Å². The molecule has 0 spiro atoms. The van der Waals surface area contributed by atoms with Gasteiger partial charge in [0, 0.05) is 5.02 Å². The molecule has 2 amide bonds. The van der Waals surface area contributed by atoms with Crippen molar-refractivity contribution in [3.8, 4) is 5.75 Å². The van der Waals surface area contributed by atoms with Crippen molar-refractivity contribution in [3.63, 3.8) is 0 Å². The molecule has 1 fully saturated rings. The normalized spacial score (nSPS) is 14.7. The molecule has 33 heavy (non-hydrogen) atoms. The first-order valence-corrected chi connectivity index (χ1v) is 11.0. The van der Waals surface area contributed by atoms with E-state index in [4.69, 9.17) is 20.8 Å². The predicted molar refractivity (Wildman–Crippen MR) is 124 cm³/mol. The second-order valence-corrected chi connectivity index (χ2v) is 8.44. The molecule has 1 aliphatic heterocycles. The second kappa shape index (κ2) is 9.97. The van der Waals surface area contributed by atoms with E-state index < -0.39 is 17.1 Å². The number of halogens is 1. The van der Waals surface area contributed by atoms with E-state index in [0.29, 0.717) is 28.0 Å². The maximum Gasteiger partial charge on any atom is 0.373 e. The van der Waals surface area contributed by atoms with Gasteiger partial charge < -0.3 is 13.9 Å². The monoisotopic (exact) mass is 483 g/mol. The van der Waals surface area contributed by atoms with Crippen LogP contribution in [0.4, 0.5) is 4.79 Å². The van der Waals surface area contributed by atoms with Crippen LogP contribution in [0, 0.1) is 0 Å². The summed E-state index contributed by atoms with van der Waals surface area (Å²) in [6.45, 7) is 0.330. The summed E-state index contributed by atoms with van der Waals surface area (Å²) in [6.07, 6.45) is 1.65. The topological polar surface area (TPSA) is 86.0 Å². The number of nitrogens with zero attached hydrogens (tertiary/aromatic N) is 1. The zero-order valence-electron chi connectivity index (χ0n) is 17.4. The minimum Gasteiger partial charge on any atom is -0.489 e. The number of carbonyl (C=O) groups is 3. The van der Waals surface area contributed by atoms with Crippen LogP contribution in [0.5, 0.6) is 5.75 Å². The minimum absolute atomic E-state index is 0.00776. The molecule has 9 heteroatoms. The molecule has 3 aromatic rings. The van der Waals surface area contributed by atoms with Crippen LogP contribution in [0.15, 0.2) is 70.0 Å². The molecule has 0 aliphatic carbocycles. The first-order chi connectivity index (χ1) is 15.9. The molecule has 1 aliphatic rings. The first kappa shape index (κ1) is 22.7. The molecule has 1 saturated heterocycles. The fraction of sp³-hybridized carbons (Fsp3) is 0.125. The molecule has 0 unspecified atom stereocenters. The minimum atomic E-state index is -0.629. The van der Waals surface area contributed by atoms with Gasteiger partial charge in [-0.2, -0.15) is 0 Å². The van der Waals surface area contributed by atoms with Gasteiger partial charge >= 0.3 is 5.97 Å². The molecular weight excluding hydrogens is 466 g/mol. The van der Waals surface area contributed by atoms with E-state index >= 15 is 0 Å². The summed E-state index contributed by atoms with van der Waals surface area (Å²) in [4.78, 5) is 37.9. The van der Waals surface area contributed by atoms with Crippen molar-refractivity contribution in [2.24, 2.45) is 0 Å². The summed E-state index contributed by atoms with van der Waals surface area (Å²) in [6, 6.07) is 17.6. The molecule has 0 N–H and O–H groups in total. The van der Waals surface area contributed by atoms with Crippen molar-refractivity contribution < 1.29 is 28.3 Å². The lowest BCUT2D eigenvalue weighted by atomic mass is 10.2. The first-order valence-electron chi connectivity index (χ1n) is 9.82. The van der Waals surface area contributed by atoms with E-state index in [0.717, 1.165) is 27.8 Å². The molecule has 0 bridgehead atoms. The number of hydrogen-bond donors (Lipinski definition) is 0.